The zero-order chi connectivity index (χ0) is 32.5. The average molecular weight is 654 g/mol. The number of carbonyl (C=O) groups is 1. The molecule has 0 saturated heterocycles. The number of allylic oxidation sites excluding steroid dienone is 4. The van der Waals surface area contributed by atoms with Crippen LogP contribution >= 0.6 is 23.5 Å². The molecule has 0 amide bonds. The molecule has 1 aliphatic carbocycles. The van der Waals surface area contributed by atoms with Crippen molar-refractivity contribution in [3.63, 3.8) is 0 Å². The summed E-state index contributed by atoms with van der Waals surface area (Å²) in [4.78, 5) is 21.5. The first-order valence-corrected chi connectivity index (χ1v) is 17.6. The van der Waals surface area contributed by atoms with Crippen molar-refractivity contribution in [2.45, 2.75) is 37.3 Å². The zero-order valence-electron chi connectivity index (χ0n) is 27.2. The van der Waals surface area contributed by atoms with Crippen LogP contribution in [0.4, 0.5) is 17.1 Å². The largest absolute Gasteiger partial charge is 0.497 e. The minimum atomic E-state index is 0.0560. The van der Waals surface area contributed by atoms with Crippen molar-refractivity contribution in [2.24, 2.45) is 0 Å². The smallest absolute Gasteiger partial charge is 0.195 e. The standard InChI is InChI=1S/C38H43N3O3S2/c1-6-8-22-41-34-15-11-10-14-33(34)40(7-2)36(41)25-31-37(42)30(38(31)45-26-28-17-19-29(44-5)20-18-28)24-27(3)46-35-16-12-9-13-32(35)39-21-23-43-4/h9-20,24-25,39H,3,6-8,21-23,26H2,1-2,4-5H3/b30-24-,36-25-. The number of Topliss-reactive ketones (excluding diaryl/α,β-unsaturated/α-hetero) is 1. The van der Waals surface area contributed by atoms with E-state index in [1.54, 1.807) is 37.7 Å². The molecule has 8 heteroatoms. The second kappa shape index (κ2) is 16.1. The van der Waals surface area contributed by atoms with Crippen molar-refractivity contribution in [3.05, 3.63) is 124 Å². The highest BCUT2D eigenvalue weighted by atomic mass is 32.2. The van der Waals surface area contributed by atoms with Gasteiger partial charge in [0.1, 0.15) is 11.6 Å². The number of fused-ring (bicyclic) bond motifs is 1. The summed E-state index contributed by atoms with van der Waals surface area (Å²) >= 11 is 3.27. The van der Waals surface area contributed by atoms with Crippen LogP contribution in [0.25, 0.3) is 0 Å². The van der Waals surface area contributed by atoms with E-state index in [0.717, 1.165) is 69.2 Å². The molecule has 6 nitrogen and oxygen atoms in total. The number of hydrogen-bond donors (Lipinski definition) is 1. The predicted octanol–water partition coefficient (Wildman–Crippen LogP) is 9.04. The van der Waals surface area contributed by atoms with Gasteiger partial charge < -0.3 is 24.6 Å². The molecule has 0 radical (unpaired) electrons. The average Bonchev–Trinajstić information content (AvgIpc) is 3.39. The van der Waals surface area contributed by atoms with Crippen LogP contribution < -0.4 is 19.9 Å². The fourth-order valence-corrected chi connectivity index (χ4v) is 7.51. The van der Waals surface area contributed by atoms with Crippen LogP contribution in [0.3, 0.4) is 0 Å². The number of unbranched alkanes of at least 4 members (excludes halogenated alkanes) is 1. The van der Waals surface area contributed by atoms with Gasteiger partial charge in [0.2, 0.25) is 0 Å². The summed E-state index contributed by atoms with van der Waals surface area (Å²) in [6, 6.07) is 24.8. The molecular formula is C38H43N3O3S2. The first kappa shape index (κ1) is 33.5. The molecule has 0 aromatic heterocycles. The van der Waals surface area contributed by atoms with Crippen LogP contribution in [-0.4, -0.2) is 46.2 Å². The van der Waals surface area contributed by atoms with Gasteiger partial charge in [-0.1, -0.05) is 68.1 Å². The molecule has 0 fully saturated rings. The van der Waals surface area contributed by atoms with Crippen LogP contribution in [-0.2, 0) is 15.3 Å². The molecule has 0 spiro atoms. The molecule has 2 aliphatic rings. The van der Waals surface area contributed by atoms with Crippen LogP contribution in [0, 0.1) is 0 Å². The Morgan fingerprint density at radius 1 is 0.957 bits per heavy atom. The van der Waals surface area contributed by atoms with E-state index in [-0.39, 0.29) is 5.78 Å². The molecule has 3 aromatic rings. The lowest BCUT2D eigenvalue weighted by atomic mass is 9.89. The van der Waals surface area contributed by atoms with Crippen LogP contribution in [0.1, 0.15) is 32.3 Å². The number of hydrogen-bond acceptors (Lipinski definition) is 8. The summed E-state index contributed by atoms with van der Waals surface area (Å²) in [7, 11) is 3.37. The molecule has 0 atom stereocenters. The number of methoxy groups -OCH3 is 2. The number of benzene rings is 3. The lowest BCUT2D eigenvalue weighted by Crippen LogP contribution is -2.31. The lowest BCUT2D eigenvalue weighted by Gasteiger charge is -2.29. The highest BCUT2D eigenvalue weighted by Gasteiger charge is 2.36. The fourth-order valence-electron chi connectivity index (χ4n) is 5.53. The van der Waals surface area contributed by atoms with E-state index in [0.29, 0.717) is 18.7 Å². The molecule has 46 heavy (non-hydrogen) atoms. The summed E-state index contributed by atoms with van der Waals surface area (Å²) in [6.07, 6.45) is 6.23. The number of ether oxygens (including phenoxy) is 2. The third-order valence-electron chi connectivity index (χ3n) is 7.92. The molecule has 3 aromatic carbocycles. The van der Waals surface area contributed by atoms with Gasteiger partial charge in [-0.2, -0.15) is 0 Å². The second-order valence-corrected chi connectivity index (χ2v) is 13.1. The minimum absolute atomic E-state index is 0.0560. The number of thioether (sulfide) groups is 2. The molecule has 0 unspecified atom stereocenters. The third kappa shape index (κ3) is 7.57. The van der Waals surface area contributed by atoms with Gasteiger partial charge >= 0.3 is 0 Å². The number of nitrogens with one attached hydrogen (secondary N) is 1. The number of para-hydroxylation sites is 3. The Kier molecular flexibility index (Phi) is 11.7. The highest BCUT2D eigenvalue weighted by Crippen LogP contribution is 2.47. The summed E-state index contributed by atoms with van der Waals surface area (Å²) in [6.45, 7) is 11.8. The van der Waals surface area contributed by atoms with Crippen molar-refractivity contribution in [1.82, 2.24) is 0 Å². The quantitative estimate of drug-likeness (QED) is 0.0934. The molecular weight excluding hydrogens is 611 g/mol. The zero-order valence-corrected chi connectivity index (χ0v) is 28.8. The van der Waals surface area contributed by atoms with Crippen molar-refractivity contribution in [1.29, 1.82) is 0 Å². The van der Waals surface area contributed by atoms with Crippen molar-refractivity contribution < 1.29 is 14.3 Å². The summed E-state index contributed by atoms with van der Waals surface area (Å²) < 4.78 is 10.6. The molecule has 1 N–H and O–H groups in total. The van der Waals surface area contributed by atoms with Crippen LogP contribution in [0.2, 0.25) is 0 Å². The first-order chi connectivity index (χ1) is 22.5. The molecule has 0 saturated carbocycles. The third-order valence-corrected chi connectivity index (χ3v) is 10.1. The Morgan fingerprint density at radius 3 is 2.37 bits per heavy atom. The predicted molar refractivity (Wildman–Crippen MR) is 196 cm³/mol. The Labute approximate surface area is 282 Å². The lowest BCUT2D eigenvalue weighted by molar-refractivity contribution is -0.112. The van der Waals surface area contributed by atoms with Gasteiger partial charge in [-0.25, -0.2) is 0 Å². The van der Waals surface area contributed by atoms with E-state index in [4.69, 9.17) is 9.47 Å². The highest BCUT2D eigenvalue weighted by molar-refractivity contribution is 8.03. The second-order valence-electron chi connectivity index (χ2n) is 11.0. The molecule has 1 heterocycles. The van der Waals surface area contributed by atoms with Crippen LogP contribution in [0.5, 0.6) is 5.75 Å². The maximum Gasteiger partial charge on any atom is 0.195 e. The van der Waals surface area contributed by atoms with Gasteiger partial charge in [-0.05, 0) is 67.5 Å². The van der Waals surface area contributed by atoms with E-state index < -0.39 is 0 Å². The SMILES string of the molecule is C=C(/C=C1/C(=O)C(/C=C2/N(CC)c3ccccc3N2CCCC)=C1SCc1ccc(OC)cc1)Sc1ccccc1NCCOC. The first-order valence-electron chi connectivity index (χ1n) is 15.8. The molecule has 240 valence electrons. The van der Waals surface area contributed by atoms with E-state index in [9.17, 15) is 4.79 Å². The maximum atomic E-state index is 14.0. The van der Waals surface area contributed by atoms with Crippen molar-refractivity contribution in [3.8, 4) is 5.75 Å². The number of ketones is 1. The molecule has 0 bridgehead atoms. The van der Waals surface area contributed by atoms with Gasteiger partial charge in [-0.15, -0.1) is 11.8 Å². The summed E-state index contributed by atoms with van der Waals surface area (Å²) in [5.41, 5.74) is 6.04. The molecule has 1 aliphatic heterocycles. The number of anilines is 3. The van der Waals surface area contributed by atoms with Crippen molar-refractivity contribution in [2.75, 3.05) is 55.6 Å². The summed E-state index contributed by atoms with van der Waals surface area (Å²) in [5.74, 6) is 2.68. The van der Waals surface area contributed by atoms with E-state index >= 15 is 0 Å². The maximum absolute atomic E-state index is 14.0. The van der Waals surface area contributed by atoms with Gasteiger partial charge in [0.05, 0.1) is 25.1 Å². The fraction of sp³-hybridized carbons (Fsp3) is 0.289. The number of rotatable bonds is 16. The monoisotopic (exact) mass is 653 g/mol. The Bertz CT molecular complexity index is 1640. The Morgan fingerprint density at radius 2 is 1.67 bits per heavy atom. The normalized spacial score (nSPS) is 15.9. The van der Waals surface area contributed by atoms with E-state index in [1.165, 1.54) is 16.9 Å². The number of nitrogens with zero attached hydrogens (tertiary/aromatic N) is 2. The van der Waals surface area contributed by atoms with Gasteiger partial charge in [0, 0.05) is 64.0 Å². The number of carbonyl (C=O) groups excluding carboxylic acids is 1. The van der Waals surface area contributed by atoms with Gasteiger partial charge in [0.25, 0.3) is 0 Å². The van der Waals surface area contributed by atoms with E-state index in [1.807, 2.05) is 30.3 Å². The van der Waals surface area contributed by atoms with Gasteiger partial charge in [0.15, 0.2) is 5.78 Å². The topological polar surface area (TPSA) is 54.0 Å². The Balaban J connectivity index is 1.48. The van der Waals surface area contributed by atoms with Gasteiger partial charge in [-0.3, -0.25) is 4.79 Å². The summed E-state index contributed by atoms with van der Waals surface area (Å²) in [5, 5.41) is 3.43. The van der Waals surface area contributed by atoms with Crippen molar-refractivity contribution >= 4 is 46.4 Å². The molecule has 5 rings (SSSR count). The Hall–Kier alpha value is -3.85. The minimum Gasteiger partial charge on any atom is -0.497 e. The van der Waals surface area contributed by atoms with Crippen LogP contribution in [0.15, 0.2) is 123 Å². The van der Waals surface area contributed by atoms with E-state index in [2.05, 4.69) is 90.1 Å².